The number of aromatic carboxylic acids is 1. The van der Waals surface area contributed by atoms with E-state index in [0.717, 1.165) is 11.3 Å². The zero-order chi connectivity index (χ0) is 14.6. The van der Waals surface area contributed by atoms with Crippen molar-refractivity contribution in [1.29, 1.82) is 0 Å². The normalized spacial score (nSPS) is 11.5. The maximum atomic E-state index is 11.6. The predicted molar refractivity (Wildman–Crippen MR) is 71.6 cm³/mol. The third-order valence-electron chi connectivity index (χ3n) is 2.28. The van der Waals surface area contributed by atoms with E-state index in [0.29, 0.717) is 0 Å². The molecule has 104 valence electrons. The van der Waals surface area contributed by atoms with Crippen LogP contribution in [0.25, 0.3) is 0 Å². The lowest BCUT2D eigenvalue weighted by molar-refractivity contribution is -0.130. The molecule has 0 aliphatic carbocycles. The van der Waals surface area contributed by atoms with E-state index in [9.17, 15) is 14.4 Å². The Kier molecular flexibility index (Phi) is 4.87. The molecule has 3 N–H and O–H groups in total. The summed E-state index contributed by atoms with van der Waals surface area (Å²) in [5.41, 5.74) is 0.0201. The van der Waals surface area contributed by atoms with E-state index in [4.69, 9.17) is 5.11 Å². The Morgan fingerprint density at radius 1 is 1.37 bits per heavy atom. The average Bonchev–Trinajstić information content (AvgIpc) is 2.75. The Hall–Kier alpha value is -2.09. The molecule has 1 unspecified atom stereocenters. The number of nitrogens with one attached hydrogen (secondary N) is 2. The molecule has 0 fully saturated rings. The Bertz CT molecular complexity index is 498. The molecule has 19 heavy (non-hydrogen) atoms. The molecule has 1 aromatic heterocycles. The van der Waals surface area contributed by atoms with Crippen LogP contribution in [0.2, 0.25) is 0 Å². The Morgan fingerprint density at radius 2 is 2.00 bits per heavy atom. The van der Waals surface area contributed by atoms with Gasteiger partial charge in [-0.25, -0.2) is 9.59 Å². The van der Waals surface area contributed by atoms with Crippen LogP contribution in [0.15, 0.2) is 11.4 Å². The fraction of sp³-hybridized carbons (Fsp3) is 0.364. The van der Waals surface area contributed by atoms with Gasteiger partial charge in [0.25, 0.3) is 0 Å². The summed E-state index contributed by atoms with van der Waals surface area (Å²) in [5.74, 6) is -1.37. The summed E-state index contributed by atoms with van der Waals surface area (Å²) in [5, 5.41) is 15.5. The molecule has 0 aromatic carbocycles. The number of nitrogens with zero attached hydrogens (tertiary/aromatic N) is 1. The molecule has 7 nitrogen and oxygen atoms in total. The molecular weight excluding hydrogens is 270 g/mol. The summed E-state index contributed by atoms with van der Waals surface area (Å²) in [4.78, 5) is 35.4. The van der Waals surface area contributed by atoms with Crippen LogP contribution in [0.5, 0.6) is 0 Å². The number of urea groups is 1. The van der Waals surface area contributed by atoms with Gasteiger partial charge in [-0.05, 0) is 18.4 Å². The van der Waals surface area contributed by atoms with Gasteiger partial charge in [-0.2, -0.15) is 0 Å². The van der Waals surface area contributed by atoms with E-state index < -0.39 is 18.0 Å². The molecule has 1 heterocycles. The largest absolute Gasteiger partial charge is 0.478 e. The van der Waals surface area contributed by atoms with Crippen LogP contribution in [0.4, 0.5) is 9.80 Å². The monoisotopic (exact) mass is 285 g/mol. The average molecular weight is 285 g/mol. The minimum Gasteiger partial charge on any atom is -0.478 e. The smallest absolute Gasteiger partial charge is 0.338 e. The topological polar surface area (TPSA) is 98.7 Å². The SMILES string of the molecule is CC(NC(=O)Nc1sccc1C(=O)O)C(=O)N(C)C. The van der Waals surface area contributed by atoms with Gasteiger partial charge in [-0.1, -0.05) is 0 Å². The highest BCUT2D eigenvalue weighted by molar-refractivity contribution is 7.14. The molecule has 0 aliphatic rings. The van der Waals surface area contributed by atoms with E-state index in [1.807, 2.05) is 0 Å². The fourth-order valence-corrected chi connectivity index (χ4v) is 2.13. The number of rotatable bonds is 4. The van der Waals surface area contributed by atoms with Crippen molar-refractivity contribution < 1.29 is 19.5 Å². The molecule has 1 rings (SSSR count). The second kappa shape index (κ2) is 6.19. The number of likely N-dealkylation sites (N-methyl/N-ethyl adjacent to an activating group) is 1. The van der Waals surface area contributed by atoms with Crippen molar-refractivity contribution in [2.75, 3.05) is 19.4 Å². The minimum absolute atomic E-state index is 0.0201. The van der Waals surface area contributed by atoms with Crippen molar-refractivity contribution >= 4 is 34.2 Å². The second-order valence-corrected chi connectivity index (χ2v) is 4.94. The van der Waals surface area contributed by atoms with Crippen LogP contribution in [-0.4, -0.2) is 48.1 Å². The minimum atomic E-state index is -1.12. The van der Waals surface area contributed by atoms with Crippen LogP contribution in [-0.2, 0) is 4.79 Å². The van der Waals surface area contributed by atoms with E-state index in [-0.39, 0.29) is 16.5 Å². The van der Waals surface area contributed by atoms with E-state index in [2.05, 4.69) is 10.6 Å². The van der Waals surface area contributed by atoms with Crippen molar-refractivity contribution in [2.24, 2.45) is 0 Å². The van der Waals surface area contributed by atoms with Crippen LogP contribution < -0.4 is 10.6 Å². The summed E-state index contributed by atoms with van der Waals surface area (Å²) in [6, 6.07) is 0.0905. The quantitative estimate of drug-likeness (QED) is 0.769. The molecule has 8 heteroatoms. The third-order valence-corrected chi connectivity index (χ3v) is 3.11. The lowest BCUT2D eigenvalue weighted by Gasteiger charge is -2.18. The predicted octanol–water partition coefficient (Wildman–Crippen LogP) is 1.04. The Morgan fingerprint density at radius 3 is 2.53 bits per heavy atom. The standard InChI is InChI=1S/C11H15N3O4S/c1-6(9(15)14(2)3)12-11(18)13-8-7(10(16)17)4-5-19-8/h4-6H,1-3H3,(H,16,17)(H2,12,13,18). The first-order chi connectivity index (χ1) is 8.82. The van der Waals surface area contributed by atoms with Crippen LogP contribution in [0, 0.1) is 0 Å². The highest BCUT2D eigenvalue weighted by atomic mass is 32.1. The number of hydrogen-bond acceptors (Lipinski definition) is 4. The van der Waals surface area contributed by atoms with Gasteiger partial charge in [0.1, 0.15) is 11.0 Å². The van der Waals surface area contributed by atoms with Crippen LogP contribution >= 0.6 is 11.3 Å². The van der Waals surface area contributed by atoms with Crippen molar-refractivity contribution in [2.45, 2.75) is 13.0 Å². The summed E-state index contributed by atoms with van der Waals surface area (Å²) in [6.45, 7) is 1.55. The van der Waals surface area contributed by atoms with Gasteiger partial charge in [0.05, 0.1) is 5.56 Å². The number of carbonyl (C=O) groups is 3. The molecule has 0 saturated heterocycles. The molecule has 0 radical (unpaired) electrons. The molecule has 0 spiro atoms. The highest BCUT2D eigenvalue weighted by Gasteiger charge is 2.19. The maximum absolute atomic E-state index is 11.6. The summed E-state index contributed by atoms with van der Waals surface area (Å²) in [6.07, 6.45) is 0. The van der Waals surface area contributed by atoms with Gasteiger partial charge in [0, 0.05) is 14.1 Å². The molecule has 0 saturated carbocycles. The number of carboxylic acids is 1. The molecule has 1 aromatic rings. The van der Waals surface area contributed by atoms with Gasteiger partial charge in [0.15, 0.2) is 0 Å². The van der Waals surface area contributed by atoms with Crippen molar-refractivity contribution in [3.63, 3.8) is 0 Å². The maximum Gasteiger partial charge on any atom is 0.338 e. The third kappa shape index (κ3) is 3.95. The first kappa shape index (κ1) is 15.0. The van der Waals surface area contributed by atoms with E-state index >= 15 is 0 Å². The first-order valence-corrected chi connectivity index (χ1v) is 6.30. The number of thiophene rings is 1. The number of carbonyl (C=O) groups excluding carboxylic acids is 2. The zero-order valence-electron chi connectivity index (χ0n) is 10.8. The van der Waals surface area contributed by atoms with Crippen molar-refractivity contribution in [1.82, 2.24) is 10.2 Å². The molecular formula is C11H15N3O4S. The van der Waals surface area contributed by atoms with Gasteiger partial charge in [0.2, 0.25) is 5.91 Å². The number of amides is 3. The van der Waals surface area contributed by atoms with Gasteiger partial charge >= 0.3 is 12.0 Å². The molecule has 1 atom stereocenters. The molecule has 0 aliphatic heterocycles. The van der Waals surface area contributed by atoms with Gasteiger partial charge in [-0.3, -0.25) is 10.1 Å². The van der Waals surface area contributed by atoms with E-state index in [1.165, 1.54) is 11.0 Å². The number of carboxylic acid groups (broad SMARTS) is 1. The molecule has 0 bridgehead atoms. The summed E-state index contributed by atoms with van der Waals surface area (Å²) < 4.78 is 0. The van der Waals surface area contributed by atoms with E-state index in [1.54, 1.807) is 26.4 Å². The highest BCUT2D eigenvalue weighted by Crippen LogP contribution is 2.22. The number of hydrogen-bond donors (Lipinski definition) is 3. The fourth-order valence-electron chi connectivity index (χ4n) is 1.36. The van der Waals surface area contributed by atoms with Crippen LogP contribution in [0.3, 0.4) is 0 Å². The van der Waals surface area contributed by atoms with Crippen molar-refractivity contribution in [3.8, 4) is 0 Å². The summed E-state index contributed by atoms with van der Waals surface area (Å²) >= 11 is 1.10. The molecule has 3 amide bonds. The number of anilines is 1. The van der Waals surface area contributed by atoms with Crippen molar-refractivity contribution in [3.05, 3.63) is 17.0 Å². The summed E-state index contributed by atoms with van der Waals surface area (Å²) in [7, 11) is 3.17. The zero-order valence-corrected chi connectivity index (χ0v) is 11.6. The van der Waals surface area contributed by atoms with Crippen LogP contribution in [0.1, 0.15) is 17.3 Å². The van der Waals surface area contributed by atoms with Gasteiger partial charge < -0.3 is 15.3 Å². The first-order valence-electron chi connectivity index (χ1n) is 5.42. The lowest BCUT2D eigenvalue weighted by Crippen LogP contribution is -2.45. The second-order valence-electron chi connectivity index (χ2n) is 4.02. The Labute approximate surface area is 114 Å². The Balaban J connectivity index is 2.63. The van der Waals surface area contributed by atoms with Gasteiger partial charge in [-0.15, -0.1) is 11.3 Å². The lowest BCUT2D eigenvalue weighted by atomic mass is 10.3.